The molecule has 1 atom stereocenters. The second kappa shape index (κ2) is 5.92. The zero-order valence-corrected chi connectivity index (χ0v) is 12.3. The van der Waals surface area contributed by atoms with E-state index >= 15 is 0 Å². The molecular formula is C16H25N3O. The predicted octanol–water partition coefficient (Wildman–Crippen LogP) is 2.56. The van der Waals surface area contributed by atoms with Crippen LogP contribution in [0.25, 0.3) is 0 Å². The van der Waals surface area contributed by atoms with Gasteiger partial charge in [-0.05, 0) is 50.4 Å². The van der Waals surface area contributed by atoms with E-state index in [4.69, 9.17) is 10.5 Å². The van der Waals surface area contributed by atoms with Crippen LogP contribution in [0.3, 0.4) is 0 Å². The fourth-order valence-electron chi connectivity index (χ4n) is 3.30. The van der Waals surface area contributed by atoms with E-state index in [1.165, 1.54) is 32.5 Å². The van der Waals surface area contributed by atoms with Crippen LogP contribution in [0.5, 0.6) is 5.75 Å². The van der Waals surface area contributed by atoms with Crippen LogP contribution in [-0.4, -0.2) is 37.2 Å². The van der Waals surface area contributed by atoms with E-state index < -0.39 is 0 Å². The molecule has 3 fully saturated rings. The van der Waals surface area contributed by atoms with Gasteiger partial charge < -0.3 is 20.7 Å². The van der Waals surface area contributed by atoms with Crippen molar-refractivity contribution in [2.75, 3.05) is 37.3 Å². The summed E-state index contributed by atoms with van der Waals surface area (Å²) in [6.07, 6.45) is 3.65. The summed E-state index contributed by atoms with van der Waals surface area (Å²) < 4.78 is 5.70. The Bertz CT molecular complexity index is 455. The molecule has 110 valence electrons. The van der Waals surface area contributed by atoms with Crippen molar-refractivity contribution in [2.45, 2.75) is 32.2 Å². The van der Waals surface area contributed by atoms with Crippen molar-refractivity contribution in [3.8, 4) is 5.75 Å². The maximum Gasteiger partial charge on any atom is 0.144 e. The number of nitrogens with one attached hydrogen (secondary N) is 1. The van der Waals surface area contributed by atoms with Crippen molar-refractivity contribution in [2.24, 2.45) is 5.92 Å². The van der Waals surface area contributed by atoms with Crippen molar-refractivity contribution in [3.63, 3.8) is 0 Å². The molecule has 2 bridgehead atoms. The van der Waals surface area contributed by atoms with Crippen LogP contribution < -0.4 is 15.8 Å². The first-order valence-electron chi connectivity index (χ1n) is 7.77. The third-order valence-electron chi connectivity index (χ3n) is 4.48. The van der Waals surface area contributed by atoms with Gasteiger partial charge in [0.15, 0.2) is 0 Å². The summed E-state index contributed by atoms with van der Waals surface area (Å²) >= 11 is 0. The number of nitrogens with zero attached hydrogens (tertiary/aromatic N) is 1. The molecule has 3 N–H and O–H groups in total. The fraction of sp³-hybridized carbons (Fsp3) is 0.625. The molecule has 0 aliphatic carbocycles. The number of hydrogen-bond donors (Lipinski definition) is 2. The lowest BCUT2D eigenvalue weighted by Gasteiger charge is -2.45. The molecule has 3 aliphatic heterocycles. The minimum absolute atomic E-state index is 0.570. The molecule has 1 aromatic carbocycles. The SMILES string of the molecule is CCCOc1cc(NC2CN3CCC2CC3)ccc1N. The van der Waals surface area contributed by atoms with Gasteiger partial charge in [0.2, 0.25) is 0 Å². The minimum atomic E-state index is 0.570. The highest BCUT2D eigenvalue weighted by molar-refractivity contribution is 5.61. The first-order chi connectivity index (χ1) is 9.76. The Hall–Kier alpha value is -1.42. The Morgan fingerprint density at radius 3 is 2.80 bits per heavy atom. The zero-order chi connectivity index (χ0) is 13.9. The summed E-state index contributed by atoms with van der Waals surface area (Å²) in [5, 5.41) is 3.68. The van der Waals surface area contributed by atoms with E-state index in [0.717, 1.165) is 29.5 Å². The lowest BCUT2D eigenvalue weighted by molar-refractivity contribution is 0.0975. The summed E-state index contributed by atoms with van der Waals surface area (Å²) in [5.74, 6) is 1.62. The molecule has 3 aliphatic rings. The van der Waals surface area contributed by atoms with Crippen LogP contribution in [0, 0.1) is 5.92 Å². The van der Waals surface area contributed by atoms with Crippen LogP contribution in [0.4, 0.5) is 11.4 Å². The number of anilines is 2. The van der Waals surface area contributed by atoms with Gasteiger partial charge in [-0.25, -0.2) is 0 Å². The lowest BCUT2D eigenvalue weighted by Crippen LogP contribution is -2.53. The largest absolute Gasteiger partial charge is 0.491 e. The summed E-state index contributed by atoms with van der Waals surface area (Å²) in [5.41, 5.74) is 7.81. The van der Waals surface area contributed by atoms with E-state index in [2.05, 4.69) is 23.2 Å². The summed E-state index contributed by atoms with van der Waals surface area (Å²) in [4.78, 5) is 2.56. The first kappa shape index (κ1) is 13.6. The van der Waals surface area contributed by atoms with E-state index in [1.54, 1.807) is 0 Å². The molecule has 1 aromatic rings. The Morgan fingerprint density at radius 1 is 1.35 bits per heavy atom. The molecule has 4 rings (SSSR count). The second-order valence-corrected chi connectivity index (χ2v) is 5.99. The van der Waals surface area contributed by atoms with Crippen molar-refractivity contribution >= 4 is 11.4 Å². The van der Waals surface area contributed by atoms with Gasteiger partial charge in [0.05, 0.1) is 12.3 Å². The molecular weight excluding hydrogens is 250 g/mol. The fourth-order valence-corrected chi connectivity index (χ4v) is 3.30. The molecule has 0 amide bonds. The summed E-state index contributed by atoms with van der Waals surface area (Å²) in [6, 6.07) is 6.61. The molecule has 4 nitrogen and oxygen atoms in total. The van der Waals surface area contributed by atoms with E-state index in [0.29, 0.717) is 12.6 Å². The van der Waals surface area contributed by atoms with E-state index in [1.807, 2.05) is 12.1 Å². The van der Waals surface area contributed by atoms with Gasteiger partial charge in [-0.2, -0.15) is 0 Å². The Morgan fingerprint density at radius 2 is 2.15 bits per heavy atom. The van der Waals surface area contributed by atoms with Crippen LogP contribution >= 0.6 is 0 Å². The highest BCUT2D eigenvalue weighted by Gasteiger charge is 2.33. The number of nitrogens with two attached hydrogens (primary N) is 1. The topological polar surface area (TPSA) is 50.5 Å². The van der Waals surface area contributed by atoms with Crippen LogP contribution in [-0.2, 0) is 0 Å². The number of hydrogen-bond acceptors (Lipinski definition) is 4. The number of ether oxygens (including phenoxy) is 1. The van der Waals surface area contributed by atoms with Crippen molar-refractivity contribution in [1.82, 2.24) is 4.90 Å². The summed E-state index contributed by atoms with van der Waals surface area (Å²) in [7, 11) is 0. The standard InChI is InChI=1S/C16H25N3O/c1-2-9-20-16-10-13(3-4-14(16)17)18-15-11-19-7-5-12(15)6-8-19/h3-4,10,12,15,18H,2,5-9,11,17H2,1H3. The van der Waals surface area contributed by atoms with Crippen LogP contribution in [0.15, 0.2) is 18.2 Å². The zero-order valence-electron chi connectivity index (χ0n) is 12.3. The highest BCUT2D eigenvalue weighted by Crippen LogP contribution is 2.31. The van der Waals surface area contributed by atoms with Crippen molar-refractivity contribution in [1.29, 1.82) is 0 Å². The van der Waals surface area contributed by atoms with Gasteiger partial charge >= 0.3 is 0 Å². The first-order valence-corrected chi connectivity index (χ1v) is 7.77. The smallest absolute Gasteiger partial charge is 0.144 e. The van der Waals surface area contributed by atoms with Gasteiger partial charge in [0.25, 0.3) is 0 Å². The lowest BCUT2D eigenvalue weighted by atomic mass is 9.84. The minimum Gasteiger partial charge on any atom is -0.491 e. The third-order valence-corrected chi connectivity index (χ3v) is 4.48. The third kappa shape index (κ3) is 2.85. The molecule has 0 radical (unpaired) electrons. The number of benzene rings is 1. The van der Waals surface area contributed by atoms with Gasteiger partial charge in [-0.1, -0.05) is 6.92 Å². The summed E-state index contributed by atoms with van der Waals surface area (Å²) in [6.45, 7) is 6.53. The van der Waals surface area contributed by atoms with E-state index in [-0.39, 0.29) is 0 Å². The normalized spacial score (nSPS) is 28.4. The van der Waals surface area contributed by atoms with Gasteiger partial charge in [0, 0.05) is 24.3 Å². The quantitative estimate of drug-likeness (QED) is 0.811. The predicted molar refractivity (Wildman–Crippen MR) is 83.2 cm³/mol. The van der Waals surface area contributed by atoms with Crippen molar-refractivity contribution < 1.29 is 4.74 Å². The molecule has 3 heterocycles. The average molecular weight is 275 g/mol. The average Bonchev–Trinajstić information content (AvgIpc) is 2.49. The molecule has 0 saturated carbocycles. The van der Waals surface area contributed by atoms with Gasteiger partial charge in [-0.15, -0.1) is 0 Å². The van der Waals surface area contributed by atoms with Gasteiger partial charge in [-0.3, -0.25) is 0 Å². The number of rotatable bonds is 5. The van der Waals surface area contributed by atoms with Crippen LogP contribution in [0.2, 0.25) is 0 Å². The maximum atomic E-state index is 5.96. The van der Waals surface area contributed by atoms with Crippen molar-refractivity contribution in [3.05, 3.63) is 18.2 Å². The molecule has 0 aromatic heterocycles. The number of fused-ring (bicyclic) bond motifs is 3. The second-order valence-electron chi connectivity index (χ2n) is 5.99. The molecule has 20 heavy (non-hydrogen) atoms. The highest BCUT2D eigenvalue weighted by atomic mass is 16.5. The maximum absolute atomic E-state index is 5.96. The molecule has 4 heteroatoms. The van der Waals surface area contributed by atoms with E-state index in [9.17, 15) is 0 Å². The Labute approximate surface area is 121 Å². The monoisotopic (exact) mass is 275 g/mol. The van der Waals surface area contributed by atoms with Crippen LogP contribution in [0.1, 0.15) is 26.2 Å². The molecule has 1 unspecified atom stereocenters. The number of nitrogen functional groups attached to an aromatic ring is 1. The van der Waals surface area contributed by atoms with Gasteiger partial charge in [0.1, 0.15) is 5.75 Å². The number of piperidine rings is 3. The molecule has 3 saturated heterocycles. The molecule has 0 spiro atoms. The Balaban J connectivity index is 1.68. The Kier molecular flexibility index (Phi) is 4.01.